The molecule has 4 nitrogen and oxygen atoms in total. The lowest BCUT2D eigenvalue weighted by atomic mass is 10.2. The standard InChI is InChI=1S/C9H10F2N2O2/c1-6-2-3-8(13(14)15)7(4-6)12-5-9(10)11/h2-4,9,12H,5H2,1H3. The van der Waals surface area contributed by atoms with E-state index >= 15 is 0 Å². The number of nitro benzene ring substituents is 1. The number of aryl methyl sites for hydroxylation is 1. The predicted octanol–water partition coefficient (Wildman–Crippen LogP) is 2.58. The van der Waals surface area contributed by atoms with E-state index in [1.54, 1.807) is 13.0 Å². The number of halogens is 2. The molecule has 82 valence electrons. The highest BCUT2D eigenvalue weighted by molar-refractivity contribution is 5.62. The second-order valence-corrected chi connectivity index (χ2v) is 3.05. The summed E-state index contributed by atoms with van der Waals surface area (Å²) in [4.78, 5) is 9.95. The van der Waals surface area contributed by atoms with Gasteiger partial charge in [0.25, 0.3) is 12.1 Å². The zero-order valence-corrected chi connectivity index (χ0v) is 8.04. The van der Waals surface area contributed by atoms with E-state index in [9.17, 15) is 18.9 Å². The molecule has 0 aliphatic heterocycles. The maximum absolute atomic E-state index is 11.9. The average Bonchev–Trinajstić information content (AvgIpc) is 2.14. The zero-order chi connectivity index (χ0) is 11.4. The fourth-order valence-electron chi connectivity index (χ4n) is 1.14. The quantitative estimate of drug-likeness (QED) is 0.621. The summed E-state index contributed by atoms with van der Waals surface area (Å²) in [5, 5.41) is 12.9. The first-order valence-electron chi connectivity index (χ1n) is 4.28. The van der Waals surface area contributed by atoms with Gasteiger partial charge in [0, 0.05) is 6.07 Å². The lowest BCUT2D eigenvalue weighted by Gasteiger charge is -2.06. The maximum atomic E-state index is 11.9. The Balaban J connectivity index is 2.92. The Labute approximate surface area is 85.1 Å². The van der Waals surface area contributed by atoms with E-state index in [1.807, 2.05) is 0 Å². The largest absolute Gasteiger partial charge is 0.374 e. The molecule has 0 atom stereocenters. The number of nitrogens with one attached hydrogen (secondary N) is 1. The molecule has 0 aromatic heterocycles. The molecule has 0 amide bonds. The first-order valence-corrected chi connectivity index (χ1v) is 4.28. The van der Waals surface area contributed by atoms with Crippen molar-refractivity contribution in [2.45, 2.75) is 13.3 Å². The molecule has 0 heterocycles. The van der Waals surface area contributed by atoms with Crippen LogP contribution in [0.25, 0.3) is 0 Å². The van der Waals surface area contributed by atoms with Crippen LogP contribution < -0.4 is 5.32 Å². The van der Waals surface area contributed by atoms with E-state index in [0.717, 1.165) is 5.56 Å². The van der Waals surface area contributed by atoms with Gasteiger partial charge in [-0.2, -0.15) is 0 Å². The second-order valence-electron chi connectivity index (χ2n) is 3.05. The first kappa shape index (κ1) is 11.4. The normalized spacial score (nSPS) is 10.4. The summed E-state index contributed by atoms with van der Waals surface area (Å²) in [6, 6.07) is 4.33. The van der Waals surface area contributed by atoms with Crippen LogP contribution in [-0.4, -0.2) is 17.9 Å². The van der Waals surface area contributed by atoms with Crippen molar-refractivity contribution in [3.8, 4) is 0 Å². The molecule has 0 unspecified atom stereocenters. The Morgan fingerprint density at radius 3 is 2.73 bits per heavy atom. The number of hydrogen-bond donors (Lipinski definition) is 1. The van der Waals surface area contributed by atoms with Crippen molar-refractivity contribution in [3.05, 3.63) is 33.9 Å². The van der Waals surface area contributed by atoms with Gasteiger partial charge in [0.15, 0.2) is 0 Å². The van der Waals surface area contributed by atoms with Crippen molar-refractivity contribution in [1.82, 2.24) is 0 Å². The zero-order valence-electron chi connectivity index (χ0n) is 8.04. The van der Waals surface area contributed by atoms with Crippen LogP contribution in [0.4, 0.5) is 20.2 Å². The SMILES string of the molecule is Cc1ccc([N+](=O)[O-])c(NCC(F)F)c1. The molecule has 1 N–H and O–H groups in total. The van der Waals surface area contributed by atoms with Crippen LogP contribution in [0.1, 0.15) is 5.56 Å². The molecule has 6 heteroatoms. The Morgan fingerprint density at radius 1 is 1.53 bits per heavy atom. The van der Waals surface area contributed by atoms with Crippen molar-refractivity contribution in [1.29, 1.82) is 0 Å². The van der Waals surface area contributed by atoms with Crippen molar-refractivity contribution in [3.63, 3.8) is 0 Å². The number of nitro groups is 1. The summed E-state index contributed by atoms with van der Waals surface area (Å²) >= 11 is 0. The lowest BCUT2D eigenvalue weighted by Crippen LogP contribution is -2.11. The first-order chi connectivity index (χ1) is 7.00. The summed E-state index contributed by atoms with van der Waals surface area (Å²) in [7, 11) is 0. The number of hydrogen-bond acceptors (Lipinski definition) is 3. The Morgan fingerprint density at radius 2 is 2.20 bits per heavy atom. The van der Waals surface area contributed by atoms with Gasteiger partial charge in [-0.25, -0.2) is 8.78 Å². The van der Waals surface area contributed by atoms with E-state index in [0.29, 0.717) is 0 Å². The average molecular weight is 216 g/mol. The molecule has 1 aromatic carbocycles. The molecule has 0 bridgehead atoms. The number of rotatable bonds is 4. The van der Waals surface area contributed by atoms with Gasteiger partial charge in [0.2, 0.25) is 0 Å². The van der Waals surface area contributed by atoms with Crippen molar-refractivity contribution in [2.24, 2.45) is 0 Å². The van der Waals surface area contributed by atoms with Crippen LogP contribution in [0.15, 0.2) is 18.2 Å². The molecule has 1 aromatic rings. The fourth-order valence-corrected chi connectivity index (χ4v) is 1.14. The monoisotopic (exact) mass is 216 g/mol. The van der Waals surface area contributed by atoms with Gasteiger partial charge < -0.3 is 5.32 Å². The molecule has 0 fully saturated rings. The minimum Gasteiger partial charge on any atom is -0.374 e. The molecule has 0 radical (unpaired) electrons. The summed E-state index contributed by atoms with van der Waals surface area (Å²) in [5.41, 5.74) is 0.707. The molecule has 0 saturated carbocycles. The van der Waals surface area contributed by atoms with Gasteiger partial charge >= 0.3 is 0 Å². The molecule has 0 aliphatic carbocycles. The molecule has 1 rings (SSSR count). The van der Waals surface area contributed by atoms with Crippen molar-refractivity contribution >= 4 is 11.4 Å². The summed E-state index contributed by atoms with van der Waals surface area (Å²) < 4.78 is 23.8. The van der Waals surface area contributed by atoms with Crippen molar-refractivity contribution < 1.29 is 13.7 Å². The minimum absolute atomic E-state index is 0.125. The van der Waals surface area contributed by atoms with Crippen LogP contribution >= 0.6 is 0 Å². The number of anilines is 1. The minimum atomic E-state index is -2.54. The van der Waals surface area contributed by atoms with Gasteiger partial charge in [-0.3, -0.25) is 10.1 Å². The van der Waals surface area contributed by atoms with Crippen LogP contribution in [0.2, 0.25) is 0 Å². The van der Waals surface area contributed by atoms with Crippen molar-refractivity contribution in [2.75, 3.05) is 11.9 Å². The van der Waals surface area contributed by atoms with E-state index in [4.69, 9.17) is 0 Å². The number of benzene rings is 1. The Hall–Kier alpha value is -1.72. The highest BCUT2D eigenvalue weighted by Gasteiger charge is 2.14. The molecule has 0 aliphatic rings. The van der Waals surface area contributed by atoms with Crippen LogP contribution in [0.5, 0.6) is 0 Å². The van der Waals surface area contributed by atoms with Crippen LogP contribution in [0, 0.1) is 17.0 Å². The van der Waals surface area contributed by atoms with Gasteiger partial charge in [-0.05, 0) is 18.6 Å². The Kier molecular flexibility index (Phi) is 3.54. The highest BCUT2D eigenvalue weighted by atomic mass is 19.3. The second kappa shape index (κ2) is 4.68. The number of alkyl halides is 2. The third-order valence-corrected chi connectivity index (χ3v) is 1.80. The smallest absolute Gasteiger partial charge is 0.292 e. The molecule has 0 spiro atoms. The van der Waals surface area contributed by atoms with Gasteiger partial charge in [-0.15, -0.1) is 0 Å². The van der Waals surface area contributed by atoms with E-state index in [2.05, 4.69) is 5.32 Å². The van der Waals surface area contributed by atoms with Crippen LogP contribution in [0.3, 0.4) is 0 Å². The predicted molar refractivity (Wildman–Crippen MR) is 52.3 cm³/mol. The fraction of sp³-hybridized carbons (Fsp3) is 0.333. The van der Waals surface area contributed by atoms with Gasteiger partial charge in [0.05, 0.1) is 11.5 Å². The topological polar surface area (TPSA) is 55.2 Å². The lowest BCUT2D eigenvalue weighted by molar-refractivity contribution is -0.384. The van der Waals surface area contributed by atoms with Gasteiger partial charge in [0.1, 0.15) is 5.69 Å². The molecular formula is C9H10F2N2O2. The molecule has 15 heavy (non-hydrogen) atoms. The third-order valence-electron chi connectivity index (χ3n) is 1.80. The van der Waals surface area contributed by atoms with E-state index in [1.165, 1.54) is 12.1 Å². The summed E-state index contributed by atoms with van der Waals surface area (Å²) in [5.74, 6) is 0. The molecular weight excluding hydrogens is 206 g/mol. The maximum Gasteiger partial charge on any atom is 0.292 e. The molecule has 0 saturated heterocycles. The highest BCUT2D eigenvalue weighted by Crippen LogP contribution is 2.25. The van der Waals surface area contributed by atoms with Crippen LogP contribution in [-0.2, 0) is 0 Å². The summed E-state index contributed by atoms with van der Waals surface area (Å²) in [6.07, 6.45) is -2.54. The third kappa shape index (κ3) is 3.16. The number of nitrogens with zero attached hydrogens (tertiary/aromatic N) is 1. The van der Waals surface area contributed by atoms with E-state index in [-0.39, 0.29) is 11.4 Å². The van der Waals surface area contributed by atoms with Gasteiger partial charge in [-0.1, -0.05) is 6.07 Å². The Bertz CT molecular complexity index is 369. The van der Waals surface area contributed by atoms with E-state index < -0.39 is 17.9 Å². The summed E-state index contributed by atoms with van der Waals surface area (Å²) in [6.45, 7) is 1.14.